The number of hydrogen-bond donors (Lipinski definition) is 1. The van der Waals surface area contributed by atoms with Crippen LogP contribution in [0.1, 0.15) is 44.4 Å². The number of nitriles is 1. The molecule has 0 amide bonds. The quantitative estimate of drug-likeness (QED) is 0.751. The van der Waals surface area contributed by atoms with Gasteiger partial charge in [-0.3, -0.25) is 4.79 Å². The second-order valence-corrected chi connectivity index (χ2v) is 9.21. The van der Waals surface area contributed by atoms with Crippen molar-refractivity contribution in [1.29, 1.82) is 5.26 Å². The van der Waals surface area contributed by atoms with E-state index in [-0.39, 0.29) is 16.9 Å². The highest BCUT2D eigenvalue weighted by Gasteiger charge is 2.24. The fourth-order valence-corrected chi connectivity index (χ4v) is 3.70. The van der Waals surface area contributed by atoms with Crippen LogP contribution in [0.4, 0.5) is 0 Å². The maximum absolute atomic E-state index is 12.5. The summed E-state index contributed by atoms with van der Waals surface area (Å²) in [6, 6.07) is 14.3. The van der Waals surface area contributed by atoms with E-state index >= 15 is 0 Å². The van der Waals surface area contributed by atoms with Crippen molar-refractivity contribution < 1.29 is 17.9 Å². The topological polar surface area (TPSA) is 96.3 Å². The highest BCUT2D eigenvalue weighted by Crippen LogP contribution is 2.23. The summed E-state index contributed by atoms with van der Waals surface area (Å²) in [4.78, 5) is 12.3. The Balaban J connectivity index is 2.03. The number of benzene rings is 2. The van der Waals surface area contributed by atoms with Gasteiger partial charge in [0.05, 0.1) is 16.5 Å². The first-order valence-corrected chi connectivity index (χ1v) is 10.3. The lowest BCUT2D eigenvalue weighted by Crippen LogP contribution is -2.39. The molecule has 0 aromatic heterocycles. The molecule has 2 rings (SSSR count). The zero-order valence-electron chi connectivity index (χ0n) is 16.4. The first kappa shape index (κ1) is 21.6. The zero-order chi connectivity index (χ0) is 20.9. The van der Waals surface area contributed by atoms with Crippen molar-refractivity contribution in [2.24, 2.45) is 0 Å². The molecule has 0 aliphatic heterocycles. The minimum Gasteiger partial charge on any atom is -0.460 e. The molecule has 0 heterocycles. The standard InChI is InChI=1S/C21H24N2O4S/c1-15(20(24)27-14-17-8-6-5-7-16(17)13-22)23-28(25,26)19-11-9-18(10-12-19)21(2,3)4/h5-12,15,23H,14H2,1-4H3/t15-/m0/s1. The van der Waals surface area contributed by atoms with Crippen molar-refractivity contribution in [3.8, 4) is 6.07 Å². The minimum absolute atomic E-state index is 0.0787. The van der Waals surface area contributed by atoms with E-state index in [1.165, 1.54) is 19.1 Å². The molecule has 1 N–H and O–H groups in total. The Hall–Kier alpha value is -2.69. The number of rotatable bonds is 6. The molecule has 0 spiro atoms. The van der Waals surface area contributed by atoms with Crippen LogP contribution in [-0.4, -0.2) is 20.4 Å². The van der Waals surface area contributed by atoms with Crippen molar-refractivity contribution in [3.63, 3.8) is 0 Å². The highest BCUT2D eigenvalue weighted by atomic mass is 32.2. The molecule has 28 heavy (non-hydrogen) atoms. The number of carbonyl (C=O) groups excluding carboxylic acids is 1. The zero-order valence-corrected chi connectivity index (χ0v) is 17.2. The Morgan fingerprint density at radius 2 is 1.75 bits per heavy atom. The predicted molar refractivity (Wildman–Crippen MR) is 106 cm³/mol. The largest absolute Gasteiger partial charge is 0.460 e. The fraction of sp³-hybridized carbons (Fsp3) is 0.333. The van der Waals surface area contributed by atoms with Crippen LogP contribution < -0.4 is 4.72 Å². The molecular formula is C21H24N2O4S. The van der Waals surface area contributed by atoms with Gasteiger partial charge >= 0.3 is 5.97 Å². The molecule has 0 radical (unpaired) electrons. The maximum Gasteiger partial charge on any atom is 0.324 e. The highest BCUT2D eigenvalue weighted by molar-refractivity contribution is 7.89. The Labute approximate surface area is 166 Å². The normalized spacial score (nSPS) is 12.8. The van der Waals surface area contributed by atoms with Gasteiger partial charge in [0, 0.05) is 5.56 Å². The average Bonchev–Trinajstić information content (AvgIpc) is 2.65. The number of ether oxygens (including phenoxy) is 1. The third-order valence-electron chi connectivity index (χ3n) is 4.22. The van der Waals surface area contributed by atoms with E-state index in [9.17, 15) is 13.2 Å². The van der Waals surface area contributed by atoms with Crippen LogP contribution in [0, 0.1) is 11.3 Å². The summed E-state index contributed by atoms with van der Waals surface area (Å²) in [7, 11) is -3.87. The van der Waals surface area contributed by atoms with Gasteiger partial charge in [-0.25, -0.2) is 8.42 Å². The molecule has 0 bridgehead atoms. The minimum atomic E-state index is -3.87. The van der Waals surface area contributed by atoms with E-state index in [0.717, 1.165) is 5.56 Å². The first-order chi connectivity index (χ1) is 13.0. The second-order valence-electron chi connectivity index (χ2n) is 7.49. The summed E-state index contributed by atoms with van der Waals surface area (Å²) >= 11 is 0. The van der Waals surface area contributed by atoms with Gasteiger partial charge in [-0.15, -0.1) is 0 Å². The van der Waals surface area contributed by atoms with E-state index in [1.54, 1.807) is 36.4 Å². The van der Waals surface area contributed by atoms with Gasteiger partial charge in [0.2, 0.25) is 10.0 Å². The molecule has 0 aliphatic carbocycles. The van der Waals surface area contributed by atoms with Gasteiger partial charge in [0.1, 0.15) is 12.6 Å². The van der Waals surface area contributed by atoms with Crippen molar-refractivity contribution >= 4 is 16.0 Å². The SMILES string of the molecule is C[C@H](NS(=O)(=O)c1ccc(C(C)(C)C)cc1)C(=O)OCc1ccccc1C#N. The number of nitrogens with one attached hydrogen (secondary N) is 1. The van der Waals surface area contributed by atoms with Gasteiger partial charge in [0.15, 0.2) is 0 Å². The lowest BCUT2D eigenvalue weighted by Gasteiger charge is -2.19. The maximum atomic E-state index is 12.5. The number of sulfonamides is 1. The molecule has 148 valence electrons. The van der Waals surface area contributed by atoms with Crippen molar-refractivity contribution in [3.05, 3.63) is 65.2 Å². The summed E-state index contributed by atoms with van der Waals surface area (Å²) in [6.07, 6.45) is 0. The number of hydrogen-bond acceptors (Lipinski definition) is 5. The molecule has 2 aromatic rings. The van der Waals surface area contributed by atoms with Gasteiger partial charge in [-0.2, -0.15) is 9.98 Å². The Kier molecular flexibility index (Phi) is 6.60. The molecule has 6 nitrogen and oxygen atoms in total. The summed E-state index contributed by atoms with van der Waals surface area (Å²) < 4.78 is 32.5. The van der Waals surface area contributed by atoms with E-state index in [0.29, 0.717) is 11.1 Å². The monoisotopic (exact) mass is 400 g/mol. The van der Waals surface area contributed by atoms with E-state index < -0.39 is 22.0 Å². The Morgan fingerprint density at radius 1 is 1.14 bits per heavy atom. The molecule has 0 saturated carbocycles. The molecule has 0 fully saturated rings. The molecule has 1 atom stereocenters. The van der Waals surface area contributed by atoms with Gasteiger partial charge in [-0.1, -0.05) is 51.1 Å². The molecule has 0 saturated heterocycles. The second kappa shape index (κ2) is 8.55. The molecule has 7 heteroatoms. The third-order valence-corrected chi connectivity index (χ3v) is 5.78. The molecule has 0 unspecified atom stereocenters. The van der Waals surface area contributed by atoms with Gasteiger partial charge < -0.3 is 4.74 Å². The lowest BCUT2D eigenvalue weighted by atomic mass is 9.87. The summed E-state index contributed by atoms with van der Waals surface area (Å²) in [5.41, 5.74) is 1.88. The van der Waals surface area contributed by atoms with Crippen molar-refractivity contribution in [2.75, 3.05) is 0 Å². The first-order valence-electron chi connectivity index (χ1n) is 8.82. The molecule has 0 aliphatic rings. The summed E-state index contributed by atoms with van der Waals surface area (Å²) in [5, 5.41) is 9.06. The van der Waals surface area contributed by atoms with E-state index in [2.05, 4.69) is 4.72 Å². The van der Waals surface area contributed by atoms with Crippen LogP contribution in [0.25, 0.3) is 0 Å². The smallest absolute Gasteiger partial charge is 0.324 e. The lowest BCUT2D eigenvalue weighted by molar-refractivity contribution is -0.146. The van der Waals surface area contributed by atoms with E-state index in [4.69, 9.17) is 10.00 Å². The number of nitrogens with zero attached hydrogens (tertiary/aromatic N) is 1. The number of esters is 1. The summed E-state index contributed by atoms with van der Waals surface area (Å²) in [5.74, 6) is -0.720. The van der Waals surface area contributed by atoms with Gasteiger partial charge in [-0.05, 0) is 36.1 Å². The average molecular weight is 401 g/mol. The van der Waals surface area contributed by atoms with Crippen LogP contribution in [0.2, 0.25) is 0 Å². The van der Waals surface area contributed by atoms with E-state index in [1.807, 2.05) is 26.8 Å². The Morgan fingerprint density at radius 3 is 2.32 bits per heavy atom. The van der Waals surface area contributed by atoms with Crippen molar-refractivity contribution in [1.82, 2.24) is 4.72 Å². The number of carbonyl (C=O) groups is 1. The molecular weight excluding hydrogens is 376 g/mol. The van der Waals surface area contributed by atoms with Crippen LogP contribution in [0.5, 0.6) is 0 Å². The Bertz CT molecular complexity index is 984. The van der Waals surface area contributed by atoms with Gasteiger partial charge in [0.25, 0.3) is 0 Å². The third kappa shape index (κ3) is 5.41. The fourth-order valence-electron chi connectivity index (χ4n) is 2.51. The van der Waals surface area contributed by atoms with Crippen LogP contribution in [0.3, 0.4) is 0 Å². The van der Waals surface area contributed by atoms with Crippen LogP contribution in [-0.2, 0) is 31.6 Å². The summed E-state index contributed by atoms with van der Waals surface area (Å²) in [6.45, 7) is 7.43. The van der Waals surface area contributed by atoms with Crippen molar-refractivity contribution in [2.45, 2.75) is 50.7 Å². The van der Waals surface area contributed by atoms with Crippen LogP contribution >= 0.6 is 0 Å². The molecule has 2 aromatic carbocycles. The van der Waals surface area contributed by atoms with Crippen LogP contribution in [0.15, 0.2) is 53.4 Å². The predicted octanol–water partition coefficient (Wildman–Crippen LogP) is 3.27.